The number of fused-ring (bicyclic) bond motifs is 1. The number of halogens is 1. The van der Waals surface area contributed by atoms with Gasteiger partial charge in [-0.3, -0.25) is 9.59 Å². The van der Waals surface area contributed by atoms with Crippen molar-refractivity contribution in [1.82, 2.24) is 9.97 Å². The Hall–Kier alpha value is -3.42. The van der Waals surface area contributed by atoms with Crippen LogP contribution in [0.3, 0.4) is 0 Å². The fourth-order valence-corrected chi connectivity index (χ4v) is 2.15. The van der Waals surface area contributed by atoms with Crippen molar-refractivity contribution in [3.8, 4) is 11.5 Å². The molecule has 3 rings (SSSR count). The highest BCUT2D eigenvalue weighted by molar-refractivity contribution is 6.01. The number of H-pyrrole nitrogens is 1. The SMILES string of the molecule is O=C(O)CC(=O)Nc1ccc(Oc2ccnc3[nH]ccc23)c(F)c1. The molecule has 2 aromatic heterocycles. The number of benzene rings is 1. The Balaban J connectivity index is 1.79. The highest BCUT2D eigenvalue weighted by atomic mass is 19.1. The van der Waals surface area contributed by atoms with Gasteiger partial charge in [0.15, 0.2) is 11.6 Å². The molecule has 3 aromatic rings. The number of aromatic amines is 1. The number of aromatic nitrogens is 2. The standard InChI is InChI=1S/C16H12FN3O4/c17-11-7-9(20-14(21)8-15(22)23)1-2-13(11)24-12-4-6-19-16-10(12)3-5-18-16/h1-7H,8H2,(H,18,19)(H,20,21)(H,22,23). The number of anilines is 1. The number of carbonyl (C=O) groups excluding carboxylic acids is 1. The maximum atomic E-state index is 14.2. The molecule has 0 aliphatic carbocycles. The number of nitrogens with zero attached hydrogens (tertiary/aromatic N) is 1. The van der Waals surface area contributed by atoms with E-state index < -0.39 is 24.1 Å². The van der Waals surface area contributed by atoms with Gasteiger partial charge in [0, 0.05) is 24.1 Å². The molecule has 0 aliphatic heterocycles. The zero-order chi connectivity index (χ0) is 17.1. The van der Waals surface area contributed by atoms with Crippen molar-refractivity contribution in [3.05, 3.63) is 48.5 Å². The van der Waals surface area contributed by atoms with Gasteiger partial charge < -0.3 is 20.1 Å². The molecule has 0 saturated heterocycles. The number of carbonyl (C=O) groups is 2. The Morgan fingerprint density at radius 2 is 2.08 bits per heavy atom. The molecule has 0 fully saturated rings. The lowest BCUT2D eigenvalue weighted by Gasteiger charge is -2.09. The number of hydrogen-bond acceptors (Lipinski definition) is 4. The molecule has 0 bridgehead atoms. The van der Waals surface area contributed by atoms with Gasteiger partial charge in [0.05, 0.1) is 5.39 Å². The maximum Gasteiger partial charge on any atom is 0.312 e. The number of carboxylic acid groups (broad SMARTS) is 1. The Labute approximate surface area is 135 Å². The van der Waals surface area contributed by atoms with Gasteiger partial charge in [0.1, 0.15) is 17.8 Å². The summed E-state index contributed by atoms with van der Waals surface area (Å²) in [5.41, 5.74) is 0.762. The van der Waals surface area contributed by atoms with Crippen molar-refractivity contribution in [2.45, 2.75) is 6.42 Å². The zero-order valence-electron chi connectivity index (χ0n) is 12.2. The van der Waals surface area contributed by atoms with Crippen LogP contribution >= 0.6 is 0 Å². The van der Waals surface area contributed by atoms with Gasteiger partial charge in [-0.05, 0) is 24.3 Å². The largest absolute Gasteiger partial charge is 0.481 e. The van der Waals surface area contributed by atoms with Crippen LogP contribution in [0, 0.1) is 5.82 Å². The summed E-state index contributed by atoms with van der Waals surface area (Å²) in [5, 5.41) is 11.5. The minimum Gasteiger partial charge on any atom is -0.481 e. The average Bonchev–Trinajstić information content (AvgIpc) is 2.98. The molecule has 0 atom stereocenters. The molecule has 0 unspecified atom stereocenters. The molecule has 2 heterocycles. The third kappa shape index (κ3) is 3.32. The lowest BCUT2D eigenvalue weighted by atomic mass is 10.2. The summed E-state index contributed by atoms with van der Waals surface area (Å²) in [4.78, 5) is 28.9. The van der Waals surface area contributed by atoms with Crippen LogP contribution in [0.25, 0.3) is 11.0 Å². The first-order valence-electron chi connectivity index (χ1n) is 6.94. The molecule has 1 aromatic carbocycles. The topological polar surface area (TPSA) is 104 Å². The number of hydrogen-bond donors (Lipinski definition) is 3. The Morgan fingerprint density at radius 3 is 2.83 bits per heavy atom. The zero-order valence-corrected chi connectivity index (χ0v) is 12.2. The first-order valence-corrected chi connectivity index (χ1v) is 6.94. The monoisotopic (exact) mass is 329 g/mol. The summed E-state index contributed by atoms with van der Waals surface area (Å²) in [5.74, 6) is -2.29. The molecule has 8 heteroatoms. The molecular formula is C16H12FN3O4. The first kappa shape index (κ1) is 15.5. The van der Waals surface area contributed by atoms with Crippen molar-refractivity contribution in [3.63, 3.8) is 0 Å². The predicted octanol–water partition coefficient (Wildman–Crippen LogP) is 2.91. The van der Waals surface area contributed by atoms with E-state index in [4.69, 9.17) is 9.84 Å². The van der Waals surface area contributed by atoms with Crippen LogP contribution in [0.4, 0.5) is 10.1 Å². The van der Waals surface area contributed by atoms with Gasteiger partial charge >= 0.3 is 5.97 Å². The van der Waals surface area contributed by atoms with Crippen molar-refractivity contribution in [2.75, 3.05) is 5.32 Å². The fraction of sp³-hybridized carbons (Fsp3) is 0.0625. The van der Waals surface area contributed by atoms with Crippen LogP contribution in [0.1, 0.15) is 6.42 Å². The van der Waals surface area contributed by atoms with Crippen molar-refractivity contribution >= 4 is 28.6 Å². The van der Waals surface area contributed by atoms with Gasteiger partial charge in [0.2, 0.25) is 5.91 Å². The van der Waals surface area contributed by atoms with E-state index in [9.17, 15) is 14.0 Å². The summed E-state index contributed by atoms with van der Waals surface area (Å²) >= 11 is 0. The second kappa shape index (κ2) is 6.37. The average molecular weight is 329 g/mol. The van der Waals surface area contributed by atoms with Crippen molar-refractivity contribution in [2.24, 2.45) is 0 Å². The number of rotatable bonds is 5. The molecule has 24 heavy (non-hydrogen) atoms. The summed E-state index contributed by atoms with van der Waals surface area (Å²) in [6.45, 7) is 0. The highest BCUT2D eigenvalue weighted by Gasteiger charge is 2.12. The van der Waals surface area contributed by atoms with Crippen LogP contribution < -0.4 is 10.1 Å². The summed E-state index contributed by atoms with van der Waals surface area (Å²) in [7, 11) is 0. The molecule has 0 spiro atoms. The number of aliphatic carboxylic acids is 1. The third-order valence-corrected chi connectivity index (χ3v) is 3.17. The molecule has 122 valence electrons. The second-order valence-electron chi connectivity index (χ2n) is 4.91. The molecule has 0 saturated carbocycles. The summed E-state index contributed by atoms with van der Waals surface area (Å²) in [6, 6.07) is 7.21. The predicted molar refractivity (Wildman–Crippen MR) is 83.5 cm³/mol. The fourth-order valence-electron chi connectivity index (χ4n) is 2.15. The number of nitrogens with one attached hydrogen (secondary N) is 2. The van der Waals surface area contributed by atoms with Crippen LogP contribution in [-0.2, 0) is 9.59 Å². The van der Waals surface area contributed by atoms with Crippen LogP contribution in [-0.4, -0.2) is 27.0 Å². The van der Waals surface area contributed by atoms with E-state index in [0.717, 1.165) is 6.07 Å². The molecule has 0 radical (unpaired) electrons. The molecule has 0 aliphatic rings. The van der Waals surface area contributed by atoms with E-state index in [-0.39, 0.29) is 11.4 Å². The number of ether oxygens (including phenoxy) is 1. The van der Waals surface area contributed by atoms with E-state index in [0.29, 0.717) is 16.8 Å². The first-order chi connectivity index (χ1) is 11.5. The lowest BCUT2D eigenvalue weighted by Crippen LogP contribution is -2.15. The Kier molecular flexibility index (Phi) is 4.11. The van der Waals surface area contributed by atoms with E-state index in [1.807, 2.05) is 0 Å². The van der Waals surface area contributed by atoms with Crippen LogP contribution in [0.2, 0.25) is 0 Å². The van der Waals surface area contributed by atoms with Crippen molar-refractivity contribution < 1.29 is 23.8 Å². The van der Waals surface area contributed by atoms with Gasteiger partial charge in [-0.1, -0.05) is 0 Å². The summed E-state index contributed by atoms with van der Waals surface area (Å²) < 4.78 is 19.7. The minimum atomic E-state index is -1.26. The molecule has 1 amide bonds. The Morgan fingerprint density at radius 1 is 1.25 bits per heavy atom. The number of pyridine rings is 1. The molecule has 3 N–H and O–H groups in total. The third-order valence-electron chi connectivity index (χ3n) is 3.17. The quantitative estimate of drug-likeness (QED) is 0.624. The molecular weight excluding hydrogens is 317 g/mol. The van der Waals surface area contributed by atoms with E-state index in [1.165, 1.54) is 18.3 Å². The van der Waals surface area contributed by atoms with Gasteiger partial charge in [-0.25, -0.2) is 9.37 Å². The van der Waals surface area contributed by atoms with Gasteiger partial charge in [-0.2, -0.15) is 0 Å². The number of carboxylic acids is 1. The maximum absolute atomic E-state index is 14.2. The highest BCUT2D eigenvalue weighted by Crippen LogP contribution is 2.31. The molecule has 7 nitrogen and oxygen atoms in total. The van der Waals surface area contributed by atoms with Gasteiger partial charge in [-0.15, -0.1) is 0 Å². The minimum absolute atomic E-state index is 0.0278. The second-order valence-corrected chi connectivity index (χ2v) is 4.91. The van der Waals surface area contributed by atoms with E-state index in [1.54, 1.807) is 18.3 Å². The van der Waals surface area contributed by atoms with Crippen molar-refractivity contribution in [1.29, 1.82) is 0 Å². The normalized spacial score (nSPS) is 10.5. The van der Waals surface area contributed by atoms with E-state index >= 15 is 0 Å². The Bertz CT molecular complexity index is 923. The van der Waals surface area contributed by atoms with Gasteiger partial charge in [0.25, 0.3) is 0 Å². The smallest absolute Gasteiger partial charge is 0.312 e. The summed E-state index contributed by atoms with van der Waals surface area (Å²) in [6.07, 6.45) is 2.54. The van der Waals surface area contributed by atoms with Crippen LogP contribution in [0.5, 0.6) is 11.5 Å². The van der Waals surface area contributed by atoms with E-state index in [2.05, 4.69) is 15.3 Å². The lowest BCUT2D eigenvalue weighted by molar-refractivity contribution is -0.139. The van der Waals surface area contributed by atoms with Crippen LogP contribution in [0.15, 0.2) is 42.7 Å². The number of amides is 1.